The van der Waals surface area contributed by atoms with Crippen molar-refractivity contribution >= 4 is 22.8 Å². The van der Waals surface area contributed by atoms with Crippen molar-refractivity contribution in [2.24, 2.45) is 13.0 Å². The van der Waals surface area contributed by atoms with Gasteiger partial charge in [0, 0.05) is 13.6 Å². The Morgan fingerprint density at radius 2 is 2.26 bits per heavy atom. The van der Waals surface area contributed by atoms with Crippen molar-refractivity contribution in [3.8, 4) is 0 Å². The second kappa shape index (κ2) is 4.18. The molecule has 3 heterocycles. The molecule has 1 saturated heterocycles. The summed E-state index contributed by atoms with van der Waals surface area (Å²) >= 11 is 0. The molecule has 3 rings (SSSR count). The van der Waals surface area contributed by atoms with E-state index < -0.39 is 12.0 Å². The van der Waals surface area contributed by atoms with Crippen LogP contribution in [-0.2, 0) is 11.8 Å². The largest absolute Gasteiger partial charge is 0.480 e. The van der Waals surface area contributed by atoms with E-state index in [0.29, 0.717) is 18.0 Å². The van der Waals surface area contributed by atoms with Gasteiger partial charge < -0.3 is 10.0 Å². The molecule has 2 aromatic rings. The number of carboxylic acids is 1. The number of carboxylic acid groups (broad SMARTS) is 1. The molecular weight excluding hydrogens is 246 g/mol. The third-order valence-corrected chi connectivity index (χ3v) is 3.73. The number of aliphatic carboxylic acids is 1. The zero-order valence-corrected chi connectivity index (χ0v) is 10.8. The number of rotatable bonds is 2. The fourth-order valence-corrected chi connectivity index (χ4v) is 2.74. The van der Waals surface area contributed by atoms with Crippen molar-refractivity contribution in [2.45, 2.75) is 19.4 Å². The van der Waals surface area contributed by atoms with Gasteiger partial charge in [0.2, 0.25) is 0 Å². The van der Waals surface area contributed by atoms with E-state index in [9.17, 15) is 9.90 Å². The maximum atomic E-state index is 11.4. The van der Waals surface area contributed by atoms with Gasteiger partial charge in [-0.1, -0.05) is 6.92 Å². The number of hydrogen-bond donors (Lipinski definition) is 1. The quantitative estimate of drug-likeness (QED) is 0.855. The molecule has 0 spiro atoms. The van der Waals surface area contributed by atoms with E-state index in [1.807, 2.05) is 11.8 Å². The molecule has 2 unspecified atom stereocenters. The van der Waals surface area contributed by atoms with E-state index in [1.54, 1.807) is 17.9 Å². The first-order valence-electron chi connectivity index (χ1n) is 6.21. The van der Waals surface area contributed by atoms with Gasteiger partial charge in [-0.15, -0.1) is 0 Å². The van der Waals surface area contributed by atoms with Crippen molar-refractivity contribution in [2.75, 3.05) is 11.4 Å². The van der Waals surface area contributed by atoms with Crippen LogP contribution < -0.4 is 4.90 Å². The summed E-state index contributed by atoms with van der Waals surface area (Å²) in [5.74, 6) is -0.0327. The number of aromatic nitrogens is 4. The maximum Gasteiger partial charge on any atom is 0.326 e. The molecule has 2 atom stereocenters. The molecule has 0 bridgehead atoms. The second-order valence-electron chi connectivity index (χ2n) is 4.95. The summed E-state index contributed by atoms with van der Waals surface area (Å²) in [5.41, 5.74) is 0.716. The van der Waals surface area contributed by atoms with Crippen LogP contribution >= 0.6 is 0 Å². The lowest BCUT2D eigenvalue weighted by atomic mass is 10.0. The maximum absolute atomic E-state index is 11.4. The van der Waals surface area contributed by atoms with E-state index in [0.717, 1.165) is 11.8 Å². The van der Waals surface area contributed by atoms with Gasteiger partial charge >= 0.3 is 5.97 Å². The van der Waals surface area contributed by atoms with Gasteiger partial charge in [0.1, 0.15) is 18.2 Å². The van der Waals surface area contributed by atoms with Crippen LogP contribution in [0.3, 0.4) is 0 Å². The summed E-state index contributed by atoms with van der Waals surface area (Å²) in [6.45, 7) is 2.65. The van der Waals surface area contributed by atoms with Crippen LogP contribution in [0.1, 0.15) is 13.3 Å². The highest BCUT2D eigenvalue weighted by Crippen LogP contribution is 2.32. The predicted octanol–water partition coefficient (Wildman–Crippen LogP) is 0.663. The monoisotopic (exact) mass is 261 g/mol. The Kier molecular flexibility index (Phi) is 2.62. The summed E-state index contributed by atoms with van der Waals surface area (Å²) in [7, 11) is 1.81. The third-order valence-electron chi connectivity index (χ3n) is 3.73. The fourth-order valence-electron chi connectivity index (χ4n) is 2.74. The summed E-state index contributed by atoms with van der Waals surface area (Å²) in [6.07, 6.45) is 4.00. The van der Waals surface area contributed by atoms with Crippen LogP contribution in [-0.4, -0.2) is 43.4 Å². The molecule has 1 N–H and O–H groups in total. The summed E-state index contributed by atoms with van der Waals surface area (Å²) in [4.78, 5) is 21.7. The highest BCUT2D eigenvalue weighted by Gasteiger charge is 2.38. The number of nitrogens with zero attached hydrogens (tertiary/aromatic N) is 5. The zero-order chi connectivity index (χ0) is 13.6. The van der Waals surface area contributed by atoms with Crippen LogP contribution in [0.15, 0.2) is 12.5 Å². The van der Waals surface area contributed by atoms with Gasteiger partial charge in [-0.3, -0.25) is 4.68 Å². The van der Waals surface area contributed by atoms with Crippen molar-refractivity contribution < 1.29 is 9.90 Å². The van der Waals surface area contributed by atoms with Gasteiger partial charge in [-0.25, -0.2) is 14.8 Å². The topological polar surface area (TPSA) is 84.1 Å². The van der Waals surface area contributed by atoms with Crippen LogP contribution in [0.25, 0.3) is 11.0 Å². The average molecular weight is 261 g/mol. The number of anilines is 1. The average Bonchev–Trinajstić information content (AvgIpc) is 2.93. The van der Waals surface area contributed by atoms with E-state index in [1.165, 1.54) is 6.33 Å². The first kappa shape index (κ1) is 11.9. The lowest BCUT2D eigenvalue weighted by Crippen LogP contribution is -2.39. The Hall–Kier alpha value is -2.18. The van der Waals surface area contributed by atoms with Crippen LogP contribution in [0, 0.1) is 5.92 Å². The first-order chi connectivity index (χ1) is 9.09. The number of hydrogen-bond acceptors (Lipinski definition) is 5. The van der Waals surface area contributed by atoms with Crippen molar-refractivity contribution in [1.82, 2.24) is 19.7 Å². The molecular formula is C12H15N5O2. The van der Waals surface area contributed by atoms with Crippen molar-refractivity contribution in [3.05, 3.63) is 12.5 Å². The van der Waals surface area contributed by atoms with Gasteiger partial charge in [0.25, 0.3) is 0 Å². The smallest absolute Gasteiger partial charge is 0.326 e. The summed E-state index contributed by atoms with van der Waals surface area (Å²) in [6, 6.07) is -0.529. The van der Waals surface area contributed by atoms with Gasteiger partial charge in [0.05, 0.1) is 11.6 Å². The molecule has 0 aromatic carbocycles. The molecule has 0 amide bonds. The molecule has 100 valence electrons. The van der Waals surface area contributed by atoms with Crippen molar-refractivity contribution in [3.63, 3.8) is 0 Å². The van der Waals surface area contributed by atoms with E-state index in [2.05, 4.69) is 15.1 Å². The van der Waals surface area contributed by atoms with Gasteiger partial charge in [0.15, 0.2) is 5.65 Å². The highest BCUT2D eigenvalue weighted by atomic mass is 16.4. The zero-order valence-electron chi connectivity index (χ0n) is 10.8. The Morgan fingerprint density at radius 3 is 3.00 bits per heavy atom. The molecule has 7 nitrogen and oxygen atoms in total. The minimum atomic E-state index is -0.805. The van der Waals surface area contributed by atoms with E-state index in [-0.39, 0.29) is 5.92 Å². The SMILES string of the molecule is CC1CCN(c2ncnc3c2cnn3C)C1C(=O)O. The van der Waals surface area contributed by atoms with E-state index >= 15 is 0 Å². The normalized spacial score (nSPS) is 23.2. The van der Waals surface area contributed by atoms with Gasteiger partial charge in [-0.2, -0.15) is 5.10 Å². The lowest BCUT2D eigenvalue weighted by molar-refractivity contribution is -0.139. The summed E-state index contributed by atoms with van der Waals surface area (Å²) in [5, 5.41) is 14.3. The number of fused-ring (bicyclic) bond motifs is 1. The molecule has 0 aliphatic carbocycles. The predicted molar refractivity (Wildman–Crippen MR) is 68.9 cm³/mol. The molecule has 1 aliphatic rings. The van der Waals surface area contributed by atoms with Gasteiger partial charge in [-0.05, 0) is 12.3 Å². The molecule has 0 radical (unpaired) electrons. The Morgan fingerprint density at radius 1 is 1.47 bits per heavy atom. The van der Waals surface area contributed by atoms with Crippen LogP contribution in [0.5, 0.6) is 0 Å². The molecule has 1 fully saturated rings. The van der Waals surface area contributed by atoms with E-state index in [4.69, 9.17) is 0 Å². The highest BCUT2D eigenvalue weighted by molar-refractivity contribution is 5.90. The first-order valence-corrected chi connectivity index (χ1v) is 6.21. The third kappa shape index (κ3) is 1.73. The Labute approximate surface area is 109 Å². The minimum absolute atomic E-state index is 0.110. The summed E-state index contributed by atoms with van der Waals surface area (Å²) < 4.78 is 1.66. The van der Waals surface area contributed by atoms with Crippen molar-refractivity contribution in [1.29, 1.82) is 0 Å². The molecule has 19 heavy (non-hydrogen) atoms. The minimum Gasteiger partial charge on any atom is -0.480 e. The molecule has 7 heteroatoms. The second-order valence-corrected chi connectivity index (χ2v) is 4.95. The molecule has 1 aliphatic heterocycles. The molecule has 2 aromatic heterocycles. The number of carbonyl (C=O) groups is 1. The standard InChI is InChI=1S/C12H15N5O2/c1-7-3-4-17(9(7)12(18)19)11-8-5-15-16(2)10(8)13-6-14-11/h5-7,9H,3-4H2,1-2H3,(H,18,19). The Balaban J connectivity index is 2.11. The molecule has 0 saturated carbocycles. The fraction of sp³-hybridized carbons (Fsp3) is 0.500. The Bertz CT molecular complexity index is 638. The lowest BCUT2D eigenvalue weighted by Gasteiger charge is -2.24. The number of aryl methyl sites for hydroxylation is 1. The van der Waals surface area contributed by atoms with Crippen LogP contribution in [0.4, 0.5) is 5.82 Å². The van der Waals surface area contributed by atoms with Crippen LogP contribution in [0.2, 0.25) is 0 Å².